The highest BCUT2D eigenvalue weighted by Gasteiger charge is 2.21. The number of azide groups is 2. The van der Waals surface area contributed by atoms with E-state index in [1.54, 1.807) is 0 Å². The van der Waals surface area contributed by atoms with Crippen LogP contribution in [-0.2, 0) is 22.2 Å². The van der Waals surface area contributed by atoms with Crippen LogP contribution in [0.15, 0.2) is 10.2 Å². The predicted molar refractivity (Wildman–Crippen MR) is 98.0 cm³/mol. The molecule has 0 amide bonds. The molecule has 0 saturated carbocycles. The second-order valence-electron chi connectivity index (χ2n) is 4.42. The molecular weight excluding hydrogens is 400 g/mol. The molecule has 2 unspecified atom stereocenters. The first-order valence-corrected chi connectivity index (χ1v) is 11.3. The van der Waals surface area contributed by atoms with E-state index in [0.29, 0.717) is 5.75 Å². The smallest absolute Gasteiger partial charge is 0.154 e. The first-order valence-electron chi connectivity index (χ1n) is 6.30. The quantitative estimate of drug-likeness (QED) is 0.0833. The summed E-state index contributed by atoms with van der Waals surface area (Å²) in [6.07, 6.45) is 0. The summed E-state index contributed by atoms with van der Waals surface area (Å²) in [5, 5.41) is 6.90. The van der Waals surface area contributed by atoms with Gasteiger partial charge in [0.1, 0.15) is 0 Å². The molecule has 0 aliphatic carbocycles. The fourth-order valence-electron chi connectivity index (χ4n) is 1.40. The van der Waals surface area contributed by atoms with E-state index >= 15 is 0 Å². The Morgan fingerprint density at radius 2 is 1.42 bits per heavy atom. The number of nitrogens with two attached hydrogens (primary N) is 2. The average molecular weight is 419 g/mol. The van der Waals surface area contributed by atoms with E-state index in [1.165, 1.54) is 21.6 Å². The molecule has 0 heterocycles. The first-order chi connectivity index (χ1) is 11.3. The third-order valence-electron chi connectivity index (χ3n) is 2.62. The SMILES string of the molecule is [N-]=[N+]=N[C@H](CSSC[C@@H](N)[C@@H](CS(=O)O)N=[N+]=[N-])[C@H](N)CS(=O)O. The van der Waals surface area contributed by atoms with Crippen LogP contribution < -0.4 is 11.5 Å². The van der Waals surface area contributed by atoms with Crippen LogP contribution in [0.1, 0.15) is 0 Å². The normalized spacial score (nSPS) is 18.3. The highest BCUT2D eigenvalue weighted by Crippen LogP contribution is 2.25. The fraction of sp³-hybridized carbons (Fsp3) is 1.00. The summed E-state index contributed by atoms with van der Waals surface area (Å²) in [4.78, 5) is 5.26. The predicted octanol–water partition coefficient (Wildman–Crippen LogP) is 0.824. The molecule has 24 heavy (non-hydrogen) atoms. The molecule has 6 N–H and O–H groups in total. The summed E-state index contributed by atoms with van der Waals surface area (Å²) < 4.78 is 39.2. The Labute approximate surface area is 151 Å². The minimum atomic E-state index is -2.13. The van der Waals surface area contributed by atoms with E-state index in [2.05, 4.69) is 20.1 Å². The monoisotopic (exact) mass is 418 g/mol. The summed E-state index contributed by atoms with van der Waals surface area (Å²) in [6, 6.07) is -2.88. The molecule has 0 radical (unpaired) electrons. The van der Waals surface area contributed by atoms with Crippen LogP contribution in [0.2, 0.25) is 0 Å². The van der Waals surface area contributed by atoms with Crippen LogP contribution >= 0.6 is 21.6 Å². The highest BCUT2D eigenvalue weighted by atomic mass is 33.1. The van der Waals surface area contributed by atoms with Gasteiger partial charge in [-0.2, -0.15) is 0 Å². The van der Waals surface area contributed by atoms with Gasteiger partial charge in [-0.05, 0) is 11.1 Å². The molecule has 0 rings (SSSR count). The van der Waals surface area contributed by atoms with E-state index in [9.17, 15) is 8.42 Å². The molecule has 0 spiro atoms. The van der Waals surface area contributed by atoms with Gasteiger partial charge in [0.15, 0.2) is 22.2 Å². The Hall–Kier alpha value is -0.540. The Morgan fingerprint density at radius 3 is 1.92 bits per heavy atom. The van der Waals surface area contributed by atoms with Gasteiger partial charge in [0.05, 0.1) is 23.6 Å². The van der Waals surface area contributed by atoms with Crippen LogP contribution in [0, 0.1) is 0 Å². The number of rotatable bonds is 13. The van der Waals surface area contributed by atoms with Crippen LogP contribution in [0.5, 0.6) is 0 Å². The maximum Gasteiger partial charge on any atom is 0.154 e. The summed E-state index contributed by atoms with van der Waals surface area (Å²) in [5.74, 6) is 0.133. The number of nitrogens with zero attached hydrogens (tertiary/aromatic N) is 6. The molecule has 0 aromatic carbocycles. The standard InChI is InChI=1S/C8H18N8O4S4/c9-5(8(14-16-12)4-24(19)20)1-21-22-2-7(13-15-11)6(10)3-23(17)18/h5-8H,1-4,9-10H2,(H,17,18)(H,19,20)/t5-,6-,7-,8-/m1/s1. The van der Waals surface area contributed by atoms with E-state index in [0.717, 1.165) is 0 Å². The van der Waals surface area contributed by atoms with Gasteiger partial charge in [0.25, 0.3) is 0 Å². The van der Waals surface area contributed by atoms with E-state index in [-0.39, 0.29) is 17.3 Å². The van der Waals surface area contributed by atoms with Gasteiger partial charge < -0.3 is 20.6 Å². The first kappa shape index (κ1) is 23.5. The van der Waals surface area contributed by atoms with Gasteiger partial charge in [0.2, 0.25) is 0 Å². The van der Waals surface area contributed by atoms with E-state index in [1.807, 2.05) is 0 Å². The molecular formula is C8H18N8O4S4. The van der Waals surface area contributed by atoms with E-state index in [4.69, 9.17) is 31.6 Å². The number of hydrogen-bond acceptors (Lipinski definition) is 8. The summed E-state index contributed by atoms with van der Waals surface area (Å²) in [5.41, 5.74) is 28.5. The molecule has 12 nitrogen and oxygen atoms in total. The van der Waals surface area contributed by atoms with Gasteiger partial charge in [0, 0.05) is 33.4 Å². The van der Waals surface area contributed by atoms with Crippen molar-refractivity contribution in [1.82, 2.24) is 0 Å². The average Bonchev–Trinajstić information content (AvgIpc) is 2.48. The largest absolute Gasteiger partial charge is 0.327 e. The molecule has 0 bridgehead atoms. The Bertz CT molecular complexity index is 526. The van der Waals surface area contributed by atoms with Crippen molar-refractivity contribution in [2.24, 2.45) is 21.7 Å². The van der Waals surface area contributed by atoms with Crippen molar-refractivity contribution in [2.75, 3.05) is 23.0 Å². The lowest BCUT2D eigenvalue weighted by atomic mass is 10.2. The lowest BCUT2D eigenvalue weighted by Crippen LogP contribution is -2.40. The second-order valence-corrected chi connectivity index (χ2v) is 8.92. The topological polar surface area (TPSA) is 224 Å². The summed E-state index contributed by atoms with van der Waals surface area (Å²) >= 11 is -4.22. The zero-order valence-corrected chi connectivity index (χ0v) is 15.6. The fourth-order valence-corrected chi connectivity index (χ4v) is 5.04. The molecule has 0 aliphatic rings. The van der Waals surface area contributed by atoms with Crippen LogP contribution in [0.3, 0.4) is 0 Å². The molecule has 16 heteroatoms. The Kier molecular flexibility index (Phi) is 13.4. The molecule has 0 fully saturated rings. The van der Waals surface area contributed by atoms with Crippen molar-refractivity contribution in [2.45, 2.75) is 24.2 Å². The van der Waals surface area contributed by atoms with Gasteiger partial charge in [-0.15, -0.1) is 0 Å². The second kappa shape index (κ2) is 13.7. The van der Waals surface area contributed by atoms with Crippen LogP contribution in [0.4, 0.5) is 0 Å². The highest BCUT2D eigenvalue weighted by molar-refractivity contribution is 8.76. The van der Waals surface area contributed by atoms with Crippen molar-refractivity contribution in [3.63, 3.8) is 0 Å². The van der Waals surface area contributed by atoms with Gasteiger partial charge >= 0.3 is 0 Å². The maximum absolute atomic E-state index is 10.8. The van der Waals surface area contributed by atoms with Crippen molar-refractivity contribution in [3.05, 3.63) is 20.9 Å². The minimum absolute atomic E-state index is 0.213. The molecule has 0 aromatic heterocycles. The van der Waals surface area contributed by atoms with Gasteiger partial charge in [-0.1, -0.05) is 31.8 Å². The minimum Gasteiger partial charge on any atom is -0.327 e. The third-order valence-corrected chi connectivity index (χ3v) is 6.40. The molecule has 6 atom stereocenters. The number of hydrogen-bond donors (Lipinski definition) is 4. The molecule has 138 valence electrons. The summed E-state index contributed by atoms with van der Waals surface area (Å²) in [7, 11) is 2.56. The Morgan fingerprint density at radius 1 is 0.917 bits per heavy atom. The van der Waals surface area contributed by atoms with Crippen molar-refractivity contribution < 1.29 is 17.5 Å². The molecule has 0 aromatic rings. The zero-order chi connectivity index (χ0) is 18.5. The van der Waals surface area contributed by atoms with Gasteiger partial charge in [-0.25, -0.2) is 8.42 Å². The van der Waals surface area contributed by atoms with Crippen molar-refractivity contribution in [3.8, 4) is 0 Å². The zero-order valence-electron chi connectivity index (χ0n) is 12.3. The Balaban J connectivity index is 4.40. The van der Waals surface area contributed by atoms with Gasteiger partial charge in [-0.3, -0.25) is 0 Å². The lowest BCUT2D eigenvalue weighted by molar-refractivity contribution is 0.539. The van der Waals surface area contributed by atoms with Crippen molar-refractivity contribution >= 4 is 43.7 Å². The molecule has 0 aliphatic heterocycles. The van der Waals surface area contributed by atoms with Crippen molar-refractivity contribution in [1.29, 1.82) is 0 Å². The lowest BCUT2D eigenvalue weighted by Gasteiger charge is -2.19. The molecule has 0 saturated heterocycles. The third kappa shape index (κ3) is 11.1. The van der Waals surface area contributed by atoms with E-state index < -0.39 is 46.3 Å². The van der Waals surface area contributed by atoms with Crippen LogP contribution in [0.25, 0.3) is 20.9 Å². The maximum atomic E-state index is 10.8. The van der Waals surface area contributed by atoms with Crippen LogP contribution in [-0.4, -0.2) is 64.7 Å². The summed E-state index contributed by atoms with van der Waals surface area (Å²) in [6.45, 7) is 0.